The standard InChI is InChI=1S/C18H24N2O3/c1-13-6-5-10-19-15(13)7-11-20-17(22)14-12-16(21)23-18(14)8-3-2-4-9-18/h5-6,10,14H,2-4,7-9,11-12H2,1H3,(H,20,22). The Labute approximate surface area is 136 Å². The van der Waals surface area contributed by atoms with Gasteiger partial charge in [0.15, 0.2) is 0 Å². The maximum absolute atomic E-state index is 12.6. The molecule has 0 bridgehead atoms. The topological polar surface area (TPSA) is 68.3 Å². The minimum atomic E-state index is -0.541. The quantitative estimate of drug-likeness (QED) is 0.866. The summed E-state index contributed by atoms with van der Waals surface area (Å²) in [7, 11) is 0. The molecule has 124 valence electrons. The number of rotatable bonds is 4. The Balaban J connectivity index is 1.59. The first-order valence-corrected chi connectivity index (χ1v) is 8.51. The van der Waals surface area contributed by atoms with Crippen molar-refractivity contribution in [3.63, 3.8) is 0 Å². The van der Waals surface area contributed by atoms with Gasteiger partial charge in [0.25, 0.3) is 0 Å². The summed E-state index contributed by atoms with van der Waals surface area (Å²) in [6.45, 7) is 2.56. The van der Waals surface area contributed by atoms with Gasteiger partial charge in [0, 0.05) is 24.9 Å². The van der Waals surface area contributed by atoms with Gasteiger partial charge in [-0.1, -0.05) is 12.5 Å². The number of aryl methyl sites for hydroxylation is 1. The summed E-state index contributed by atoms with van der Waals surface area (Å²) in [4.78, 5) is 28.7. The van der Waals surface area contributed by atoms with E-state index in [-0.39, 0.29) is 24.2 Å². The molecule has 2 aliphatic rings. The molecule has 2 heterocycles. The summed E-state index contributed by atoms with van der Waals surface area (Å²) in [5.74, 6) is -0.612. The fourth-order valence-electron chi connectivity index (χ4n) is 3.83. The van der Waals surface area contributed by atoms with Crippen LogP contribution in [0.2, 0.25) is 0 Å². The molecule has 1 amide bonds. The molecular formula is C18H24N2O3. The summed E-state index contributed by atoms with van der Waals surface area (Å²) in [5, 5.41) is 2.98. The van der Waals surface area contributed by atoms with E-state index in [0.717, 1.165) is 43.4 Å². The molecule has 0 aromatic carbocycles. The minimum Gasteiger partial charge on any atom is -0.458 e. The van der Waals surface area contributed by atoms with Crippen LogP contribution in [0, 0.1) is 12.8 Å². The largest absolute Gasteiger partial charge is 0.458 e. The maximum Gasteiger partial charge on any atom is 0.307 e. The van der Waals surface area contributed by atoms with E-state index >= 15 is 0 Å². The molecule has 1 saturated heterocycles. The van der Waals surface area contributed by atoms with Gasteiger partial charge in [0.1, 0.15) is 5.60 Å². The molecule has 1 unspecified atom stereocenters. The fraction of sp³-hybridized carbons (Fsp3) is 0.611. The van der Waals surface area contributed by atoms with Gasteiger partial charge in [0.05, 0.1) is 12.3 Å². The zero-order valence-corrected chi connectivity index (χ0v) is 13.6. The molecule has 5 nitrogen and oxygen atoms in total. The third-order valence-electron chi connectivity index (χ3n) is 5.12. The van der Waals surface area contributed by atoms with Crippen molar-refractivity contribution in [3.8, 4) is 0 Å². The summed E-state index contributed by atoms with van der Waals surface area (Å²) in [6.07, 6.45) is 7.54. The minimum absolute atomic E-state index is 0.0497. The Bertz CT molecular complexity index is 594. The van der Waals surface area contributed by atoms with Crippen LogP contribution >= 0.6 is 0 Å². The number of nitrogens with one attached hydrogen (secondary N) is 1. The van der Waals surface area contributed by atoms with Crippen LogP contribution in [-0.2, 0) is 20.7 Å². The van der Waals surface area contributed by atoms with Gasteiger partial charge < -0.3 is 10.1 Å². The average molecular weight is 316 g/mol. The van der Waals surface area contributed by atoms with Crippen molar-refractivity contribution in [1.29, 1.82) is 0 Å². The number of carbonyl (C=O) groups excluding carboxylic acids is 2. The van der Waals surface area contributed by atoms with Gasteiger partial charge in [-0.3, -0.25) is 14.6 Å². The van der Waals surface area contributed by atoms with Gasteiger partial charge in [0.2, 0.25) is 5.91 Å². The number of nitrogens with zero attached hydrogens (tertiary/aromatic N) is 1. The molecule has 23 heavy (non-hydrogen) atoms. The second-order valence-corrected chi connectivity index (χ2v) is 6.66. The van der Waals surface area contributed by atoms with Crippen LogP contribution in [0.25, 0.3) is 0 Å². The van der Waals surface area contributed by atoms with Crippen LogP contribution in [0.15, 0.2) is 18.3 Å². The number of amides is 1. The predicted octanol–water partition coefficient (Wildman–Crippen LogP) is 2.31. The van der Waals surface area contributed by atoms with Crippen molar-refractivity contribution in [2.24, 2.45) is 5.92 Å². The van der Waals surface area contributed by atoms with E-state index in [1.165, 1.54) is 0 Å². The first-order chi connectivity index (χ1) is 11.1. The number of aromatic nitrogens is 1. The Morgan fingerprint density at radius 2 is 2.17 bits per heavy atom. The molecule has 1 saturated carbocycles. The predicted molar refractivity (Wildman–Crippen MR) is 85.7 cm³/mol. The number of hydrogen-bond acceptors (Lipinski definition) is 4. The highest BCUT2D eigenvalue weighted by Crippen LogP contribution is 2.44. The maximum atomic E-state index is 12.6. The number of pyridine rings is 1. The van der Waals surface area contributed by atoms with Crippen molar-refractivity contribution in [1.82, 2.24) is 10.3 Å². The highest BCUT2D eigenvalue weighted by atomic mass is 16.6. The lowest BCUT2D eigenvalue weighted by Gasteiger charge is -2.36. The third-order valence-corrected chi connectivity index (χ3v) is 5.12. The summed E-state index contributed by atoms with van der Waals surface area (Å²) < 4.78 is 5.60. The zero-order valence-electron chi connectivity index (χ0n) is 13.6. The number of hydrogen-bond donors (Lipinski definition) is 1. The van der Waals surface area contributed by atoms with E-state index in [1.54, 1.807) is 6.20 Å². The van der Waals surface area contributed by atoms with Crippen LogP contribution < -0.4 is 5.32 Å². The van der Waals surface area contributed by atoms with Gasteiger partial charge >= 0.3 is 5.97 Å². The van der Waals surface area contributed by atoms with Crippen molar-refractivity contribution in [2.75, 3.05) is 6.54 Å². The molecule has 5 heteroatoms. The molecule has 1 atom stereocenters. The molecule has 1 aliphatic carbocycles. The zero-order chi connectivity index (χ0) is 16.3. The lowest BCUT2D eigenvalue weighted by molar-refractivity contribution is -0.153. The summed E-state index contributed by atoms with van der Waals surface area (Å²) in [6, 6.07) is 3.93. The van der Waals surface area contributed by atoms with Crippen LogP contribution in [0.5, 0.6) is 0 Å². The van der Waals surface area contributed by atoms with E-state index < -0.39 is 5.60 Å². The van der Waals surface area contributed by atoms with E-state index in [4.69, 9.17) is 4.74 Å². The molecule has 1 spiro atoms. The molecule has 1 N–H and O–H groups in total. The van der Waals surface area contributed by atoms with Gasteiger partial charge in [-0.2, -0.15) is 0 Å². The molecule has 2 fully saturated rings. The Morgan fingerprint density at radius 1 is 1.39 bits per heavy atom. The normalized spacial score (nSPS) is 22.8. The van der Waals surface area contributed by atoms with Gasteiger partial charge in [-0.25, -0.2) is 0 Å². The lowest BCUT2D eigenvalue weighted by atomic mass is 9.75. The van der Waals surface area contributed by atoms with Crippen molar-refractivity contribution < 1.29 is 14.3 Å². The van der Waals surface area contributed by atoms with Crippen molar-refractivity contribution in [2.45, 2.75) is 57.5 Å². The van der Waals surface area contributed by atoms with E-state index in [0.29, 0.717) is 13.0 Å². The van der Waals surface area contributed by atoms with Crippen LogP contribution in [0.3, 0.4) is 0 Å². The Kier molecular flexibility index (Phi) is 4.64. The smallest absolute Gasteiger partial charge is 0.307 e. The molecule has 0 radical (unpaired) electrons. The van der Waals surface area contributed by atoms with Crippen molar-refractivity contribution >= 4 is 11.9 Å². The monoisotopic (exact) mass is 316 g/mol. The molecular weight excluding hydrogens is 292 g/mol. The highest BCUT2D eigenvalue weighted by molar-refractivity contribution is 5.87. The average Bonchev–Trinajstić information content (AvgIpc) is 2.86. The summed E-state index contributed by atoms with van der Waals surface area (Å²) >= 11 is 0. The molecule has 1 aliphatic heterocycles. The fourth-order valence-corrected chi connectivity index (χ4v) is 3.83. The third kappa shape index (κ3) is 3.38. The SMILES string of the molecule is Cc1cccnc1CCNC(=O)C1CC(=O)OC12CCCCC2. The molecule has 1 aromatic heterocycles. The number of esters is 1. The highest BCUT2D eigenvalue weighted by Gasteiger charge is 2.52. The van der Waals surface area contributed by atoms with Gasteiger partial charge in [-0.15, -0.1) is 0 Å². The Hall–Kier alpha value is -1.91. The number of carbonyl (C=O) groups is 2. The van der Waals surface area contributed by atoms with E-state index in [2.05, 4.69) is 10.3 Å². The van der Waals surface area contributed by atoms with Gasteiger partial charge in [-0.05, 0) is 44.2 Å². The second kappa shape index (κ2) is 6.69. The van der Waals surface area contributed by atoms with E-state index in [9.17, 15) is 9.59 Å². The molecule has 1 aromatic rings. The van der Waals surface area contributed by atoms with Crippen molar-refractivity contribution in [3.05, 3.63) is 29.6 Å². The second-order valence-electron chi connectivity index (χ2n) is 6.66. The summed E-state index contributed by atoms with van der Waals surface area (Å²) in [5.41, 5.74) is 1.59. The lowest BCUT2D eigenvalue weighted by Crippen LogP contribution is -2.46. The van der Waals surface area contributed by atoms with Crippen LogP contribution in [-0.4, -0.2) is 29.0 Å². The molecule has 3 rings (SSSR count). The Morgan fingerprint density at radius 3 is 2.91 bits per heavy atom. The first kappa shape index (κ1) is 16.0. The van der Waals surface area contributed by atoms with Crippen LogP contribution in [0.1, 0.15) is 49.8 Å². The van der Waals surface area contributed by atoms with Crippen LogP contribution in [0.4, 0.5) is 0 Å². The van der Waals surface area contributed by atoms with E-state index in [1.807, 2.05) is 19.1 Å². The number of ether oxygens (including phenoxy) is 1. The first-order valence-electron chi connectivity index (χ1n) is 8.51.